The second kappa shape index (κ2) is 10.7. The molecule has 5 atom stereocenters. The fraction of sp³-hybridized carbons (Fsp3) is 0.800. The highest BCUT2D eigenvalue weighted by atomic mass is 16.4. The summed E-state index contributed by atoms with van der Waals surface area (Å²) in [6, 6.07) is -3.34. The van der Waals surface area contributed by atoms with Crippen LogP contribution >= 0.6 is 0 Å². The predicted molar refractivity (Wildman–Crippen MR) is 108 cm³/mol. The third-order valence-corrected chi connectivity index (χ3v) is 5.58. The van der Waals surface area contributed by atoms with Crippen LogP contribution in [-0.4, -0.2) is 82.2 Å². The first-order valence-corrected chi connectivity index (χ1v) is 10.7. The molecular formula is C20H34N4O6. The number of hydrogen-bond acceptors (Lipinski definition) is 6. The van der Waals surface area contributed by atoms with Crippen molar-refractivity contribution in [1.29, 1.82) is 0 Å². The fourth-order valence-electron chi connectivity index (χ4n) is 4.01. The molecular weight excluding hydrogens is 392 g/mol. The van der Waals surface area contributed by atoms with Gasteiger partial charge in [0.25, 0.3) is 0 Å². The highest BCUT2D eigenvalue weighted by Gasteiger charge is 2.40. The average molecular weight is 427 g/mol. The van der Waals surface area contributed by atoms with Crippen LogP contribution in [0.3, 0.4) is 0 Å². The molecule has 2 heterocycles. The van der Waals surface area contributed by atoms with E-state index in [9.17, 15) is 29.4 Å². The van der Waals surface area contributed by atoms with E-state index in [1.807, 2.05) is 13.8 Å². The van der Waals surface area contributed by atoms with E-state index >= 15 is 0 Å². The molecule has 0 saturated carbocycles. The van der Waals surface area contributed by atoms with Crippen molar-refractivity contribution in [2.45, 2.75) is 83.1 Å². The molecule has 10 nitrogen and oxygen atoms in total. The minimum Gasteiger partial charge on any atom is -0.480 e. The Kier molecular flexibility index (Phi) is 8.60. The Balaban J connectivity index is 2.10. The summed E-state index contributed by atoms with van der Waals surface area (Å²) in [6.45, 7) is 6.31. The molecule has 2 fully saturated rings. The van der Waals surface area contributed by atoms with Gasteiger partial charge in [-0.1, -0.05) is 13.8 Å². The predicted octanol–water partition coefficient (Wildman–Crippen LogP) is -0.789. The molecule has 2 rings (SSSR count). The Hall–Kier alpha value is -2.20. The monoisotopic (exact) mass is 426 g/mol. The zero-order valence-electron chi connectivity index (χ0n) is 17.9. The molecule has 2 saturated heterocycles. The van der Waals surface area contributed by atoms with Crippen LogP contribution in [0.5, 0.6) is 0 Å². The molecule has 5 N–H and O–H groups in total. The van der Waals surface area contributed by atoms with Gasteiger partial charge in [0.1, 0.15) is 12.1 Å². The van der Waals surface area contributed by atoms with Crippen molar-refractivity contribution >= 4 is 23.7 Å². The van der Waals surface area contributed by atoms with Gasteiger partial charge in [-0.3, -0.25) is 14.4 Å². The lowest BCUT2D eigenvalue weighted by Crippen LogP contribution is -2.58. The number of carboxylic acids is 1. The molecule has 0 radical (unpaired) electrons. The van der Waals surface area contributed by atoms with E-state index in [0.717, 1.165) is 19.4 Å². The Bertz CT molecular complexity index is 647. The SMILES string of the molecule is CC(C)CC(NC(=O)C1CCCN1)C(=O)N1CCCC1C(=O)NC(C(=O)O)C(C)O. The number of aliphatic hydroxyl groups is 1. The summed E-state index contributed by atoms with van der Waals surface area (Å²) < 4.78 is 0. The van der Waals surface area contributed by atoms with E-state index in [1.54, 1.807) is 0 Å². The molecule has 5 unspecified atom stereocenters. The van der Waals surface area contributed by atoms with Crippen molar-refractivity contribution in [2.75, 3.05) is 13.1 Å². The van der Waals surface area contributed by atoms with Crippen LogP contribution in [0.15, 0.2) is 0 Å². The van der Waals surface area contributed by atoms with Gasteiger partial charge in [0, 0.05) is 6.54 Å². The molecule has 0 spiro atoms. The molecule has 3 amide bonds. The average Bonchev–Trinajstić information content (AvgIpc) is 3.35. The zero-order valence-corrected chi connectivity index (χ0v) is 17.9. The van der Waals surface area contributed by atoms with Gasteiger partial charge in [-0.2, -0.15) is 0 Å². The van der Waals surface area contributed by atoms with Crippen LogP contribution in [0.2, 0.25) is 0 Å². The van der Waals surface area contributed by atoms with Crippen LogP contribution in [0.1, 0.15) is 52.9 Å². The van der Waals surface area contributed by atoms with Crippen molar-refractivity contribution in [3.63, 3.8) is 0 Å². The molecule has 0 aliphatic carbocycles. The first-order valence-electron chi connectivity index (χ1n) is 10.7. The number of carbonyl (C=O) groups is 4. The van der Waals surface area contributed by atoms with Crippen LogP contribution in [0.4, 0.5) is 0 Å². The third kappa shape index (κ3) is 6.15. The molecule has 170 valence electrons. The standard InChI is InChI=1S/C20H34N4O6/c1-11(2)10-14(22-17(26)13-6-4-8-21-13)19(28)24-9-5-7-15(24)18(27)23-16(12(3)25)20(29)30/h11-16,21,25H,4-10H2,1-3H3,(H,22,26)(H,23,27)(H,29,30). The van der Waals surface area contributed by atoms with Crippen LogP contribution in [0, 0.1) is 5.92 Å². The lowest BCUT2D eigenvalue weighted by molar-refractivity contribution is -0.147. The third-order valence-electron chi connectivity index (χ3n) is 5.58. The van der Waals surface area contributed by atoms with Gasteiger partial charge in [-0.05, 0) is 51.5 Å². The summed E-state index contributed by atoms with van der Waals surface area (Å²) in [5.41, 5.74) is 0. The summed E-state index contributed by atoms with van der Waals surface area (Å²) in [5.74, 6) is -2.36. The number of hydrogen-bond donors (Lipinski definition) is 5. The molecule has 0 aromatic carbocycles. The number of amides is 3. The van der Waals surface area contributed by atoms with Gasteiger partial charge in [0.05, 0.1) is 12.1 Å². The van der Waals surface area contributed by atoms with E-state index in [2.05, 4.69) is 16.0 Å². The lowest BCUT2D eigenvalue weighted by Gasteiger charge is -2.31. The highest BCUT2D eigenvalue weighted by molar-refractivity contribution is 5.94. The summed E-state index contributed by atoms with van der Waals surface area (Å²) in [6.07, 6.45) is 1.79. The second-order valence-corrected chi connectivity index (χ2v) is 8.59. The van der Waals surface area contributed by atoms with Crippen molar-refractivity contribution in [1.82, 2.24) is 20.9 Å². The van der Waals surface area contributed by atoms with Crippen molar-refractivity contribution in [2.24, 2.45) is 5.92 Å². The Morgan fingerprint density at radius 2 is 1.77 bits per heavy atom. The van der Waals surface area contributed by atoms with Crippen LogP contribution < -0.4 is 16.0 Å². The van der Waals surface area contributed by atoms with Crippen molar-refractivity contribution < 1.29 is 29.4 Å². The number of nitrogens with zero attached hydrogens (tertiary/aromatic N) is 1. The quantitative estimate of drug-likeness (QED) is 0.324. The van der Waals surface area contributed by atoms with E-state index < -0.39 is 36.1 Å². The lowest BCUT2D eigenvalue weighted by atomic mass is 10.0. The highest BCUT2D eigenvalue weighted by Crippen LogP contribution is 2.21. The Labute approximate surface area is 176 Å². The van der Waals surface area contributed by atoms with Crippen LogP contribution in [0.25, 0.3) is 0 Å². The first kappa shape index (κ1) is 24.1. The normalized spacial score (nSPS) is 24.4. The van der Waals surface area contributed by atoms with Gasteiger partial charge in [-0.15, -0.1) is 0 Å². The molecule has 10 heteroatoms. The Morgan fingerprint density at radius 1 is 1.07 bits per heavy atom. The van der Waals surface area contributed by atoms with Crippen LogP contribution in [-0.2, 0) is 19.2 Å². The number of likely N-dealkylation sites (tertiary alicyclic amines) is 1. The second-order valence-electron chi connectivity index (χ2n) is 8.59. The smallest absolute Gasteiger partial charge is 0.328 e. The molecule has 0 aromatic heterocycles. The van der Waals surface area contributed by atoms with E-state index in [-0.39, 0.29) is 23.8 Å². The number of carboxylic acid groups (broad SMARTS) is 1. The van der Waals surface area contributed by atoms with Gasteiger partial charge in [0.2, 0.25) is 17.7 Å². The number of aliphatic carboxylic acids is 1. The van der Waals surface area contributed by atoms with Gasteiger partial charge in [-0.25, -0.2) is 4.79 Å². The molecule has 0 bridgehead atoms. The topological polar surface area (TPSA) is 148 Å². The summed E-state index contributed by atoms with van der Waals surface area (Å²) in [7, 11) is 0. The van der Waals surface area contributed by atoms with E-state index in [1.165, 1.54) is 11.8 Å². The maximum atomic E-state index is 13.2. The summed E-state index contributed by atoms with van der Waals surface area (Å²) in [4.78, 5) is 51.2. The first-order chi connectivity index (χ1) is 14.1. The molecule has 0 aromatic rings. The molecule has 2 aliphatic rings. The van der Waals surface area contributed by atoms with Gasteiger partial charge >= 0.3 is 5.97 Å². The minimum atomic E-state index is -1.45. The minimum absolute atomic E-state index is 0.150. The number of aliphatic hydroxyl groups excluding tert-OH is 1. The zero-order chi connectivity index (χ0) is 22.4. The molecule has 2 aliphatic heterocycles. The largest absolute Gasteiger partial charge is 0.480 e. The van der Waals surface area contributed by atoms with Gasteiger partial charge in [0.15, 0.2) is 6.04 Å². The Morgan fingerprint density at radius 3 is 2.30 bits per heavy atom. The van der Waals surface area contributed by atoms with Crippen molar-refractivity contribution in [3.8, 4) is 0 Å². The fourth-order valence-corrected chi connectivity index (χ4v) is 4.01. The number of rotatable bonds is 9. The number of nitrogens with one attached hydrogen (secondary N) is 3. The van der Waals surface area contributed by atoms with E-state index in [0.29, 0.717) is 25.8 Å². The van der Waals surface area contributed by atoms with Crippen molar-refractivity contribution in [3.05, 3.63) is 0 Å². The maximum Gasteiger partial charge on any atom is 0.328 e. The van der Waals surface area contributed by atoms with E-state index in [4.69, 9.17) is 0 Å². The summed E-state index contributed by atoms with van der Waals surface area (Å²) in [5, 5.41) is 27.1. The number of carbonyl (C=O) groups excluding carboxylic acids is 3. The summed E-state index contributed by atoms with van der Waals surface area (Å²) >= 11 is 0. The maximum absolute atomic E-state index is 13.2. The molecule has 30 heavy (non-hydrogen) atoms. The van der Waals surface area contributed by atoms with Gasteiger partial charge < -0.3 is 31.1 Å².